The minimum atomic E-state index is -4.43. The molecule has 3 aromatic rings. The number of benzene rings is 2. The summed E-state index contributed by atoms with van der Waals surface area (Å²) < 4.78 is 76.1. The second-order valence-corrected chi connectivity index (χ2v) is 6.04. The lowest BCUT2D eigenvalue weighted by atomic mass is 10.1. The lowest BCUT2D eigenvalue weighted by Crippen LogP contribution is -2.07. The van der Waals surface area contributed by atoms with E-state index < -0.39 is 23.5 Å². The third kappa shape index (κ3) is 5.59. The van der Waals surface area contributed by atoms with Crippen LogP contribution in [-0.2, 0) is 18.9 Å². The topological polar surface area (TPSA) is 49.8 Å². The van der Waals surface area contributed by atoms with E-state index in [0.29, 0.717) is 22.9 Å². The summed E-state index contributed by atoms with van der Waals surface area (Å²) in [7, 11) is 0. The number of aromatic nitrogens is 2. The zero-order valence-electron chi connectivity index (χ0n) is 14.6. The van der Waals surface area contributed by atoms with Crippen LogP contribution in [0.15, 0.2) is 60.9 Å². The smallest absolute Gasteiger partial charge is 0.366 e. The number of alkyl halides is 6. The summed E-state index contributed by atoms with van der Waals surface area (Å²) in [6, 6.07) is 10.8. The Hall–Kier alpha value is -3.30. The highest BCUT2D eigenvalue weighted by atomic mass is 19.4. The predicted octanol–water partition coefficient (Wildman–Crippen LogP) is 5.87. The van der Waals surface area contributed by atoms with Gasteiger partial charge in [0.25, 0.3) is 0 Å². The van der Waals surface area contributed by atoms with Crippen LogP contribution < -0.4 is 10.6 Å². The maximum atomic E-state index is 12.8. The molecule has 1 aromatic heterocycles. The number of hydrogen-bond donors (Lipinski definition) is 2. The molecule has 2 N–H and O–H groups in total. The lowest BCUT2D eigenvalue weighted by molar-refractivity contribution is -0.138. The predicted molar refractivity (Wildman–Crippen MR) is 95.5 cm³/mol. The molecule has 29 heavy (non-hydrogen) atoms. The van der Waals surface area contributed by atoms with Gasteiger partial charge in [0.15, 0.2) is 0 Å². The van der Waals surface area contributed by atoms with E-state index in [4.69, 9.17) is 0 Å². The Labute approximate surface area is 161 Å². The Balaban J connectivity index is 1.66. The lowest BCUT2D eigenvalue weighted by Gasteiger charge is -2.11. The Morgan fingerprint density at radius 2 is 1.38 bits per heavy atom. The Bertz CT molecular complexity index is 967. The molecule has 3 rings (SSSR count). The van der Waals surface area contributed by atoms with Crippen molar-refractivity contribution in [1.82, 2.24) is 9.97 Å². The van der Waals surface area contributed by atoms with Crippen LogP contribution in [0.1, 0.15) is 16.7 Å². The maximum Gasteiger partial charge on any atom is 0.416 e. The number of halogens is 6. The molecule has 2 aromatic carbocycles. The maximum absolute atomic E-state index is 12.8. The molecule has 0 aliphatic carbocycles. The van der Waals surface area contributed by atoms with Gasteiger partial charge in [-0.1, -0.05) is 12.1 Å². The van der Waals surface area contributed by atoms with E-state index in [1.165, 1.54) is 30.6 Å². The van der Waals surface area contributed by atoms with E-state index in [2.05, 4.69) is 20.6 Å². The van der Waals surface area contributed by atoms with E-state index in [0.717, 1.165) is 24.3 Å². The average molecular weight is 412 g/mol. The number of nitrogens with zero attached hydrogens (tertiary/aromatic N) is 2. The molecule has 0 aliphatic rings. The highest BCUT2D eigenvalue weighted by molar-refractivity contribution is 5.59. The van der Waals surface area contributed by atoms with Crippen LogP contribution in [0, 0.1) is 0 Å². The molecular formula is C19H14F6N4. The van der Waals surface area contributed by atoms with Crippen LogP contribution in [-0.4, -0.2) is 9.97 Å². The van der Waals surface area contributed by atoms with Crippen molar-refractivity contribution in [1.29, 1.82) is 0 Å². The Morgan fingerprint density at radius 1 is 0.724 bits per heavy atom. The molecule has 0 unspecified atom stereocenters. The van der Waals surface area contributed by atoms with E-state index in [-0.39, 0.29) is 6.54 Å². The Morgan fingerprint density at radius 3 is 2.03 bits per heavy atom. The summed E-state index contributed by atoms with van der Waals surface area (Å²) in [5.41, 5.74) is -0.713. The van der Waals surface area contributed by atoms with Gasteiger partial charge >= 0.3 is 12.4 Å². The molecule has 10 heteroatoms. The molecule has 0 amide bonds. The first kappa shape index (κ1) is 20.4. The van der Waals surface area contributed by atoms with E-state index in [9.17, 15) is 26.3 Å². The average Bonchev–Trinajstić information content (AvgIpc) is 2.66. The first-order valence-corrected chi connectivity index (χ1v) is 8.27. The van der Waals surface area contributed by atoms with Gasteiger partial charge in [-0.25, -0.2) is 9.97 Å². The van der Waals surface area contributed by atoms with Crippen molar-refractivity contribution in [3.63, 3.8) is 0 Å². The van der Waals surface area contributed by atoms with Crippen molar-refractivity contribution in [3.8, 4) is 0 Å². The monoisotopic (exact) mass is 412 g/mol. The largest absolute Gasteiger partial charge is 0.416 e. The van der Waals surface area contributed by atoms with Crippen LogP contribution >= 0.6 is 0 Å². The molecule has 0 fully saturated rings. The highest BCUT2D eigenvalue weighted by Crippen LogP contribution is 2.31. The fraction of sp³-hybridized carbons (Fsp3) is 0.158. The molecule has 0 atom stereocenters. The fourth-order valence-electron chi connectivity index (χ4n) is 2.46. The summed E-state index contributed by atoms with van der Waals surface area (Å²) in [6.45, 7) is 0.0979. The van der Waals surface area contributed by atoms with Crippen LogP contribution in [0.5, 0.6) is 0 Å². The third-order valence-electron chi connectivity index (χ3n) is 3.88. The number of nitrogens with one attached hydrogen (secondary N) is 2. The molecular weight excluding hydrogens is 398 g/mol. The van der Waals surface area contributed by atoms with Gasteiger partial charge in [-0.05, 0) is 42.0 Å². The summed E-state index contributed by atoms with van der Waals surface area (Å²) in [6.07, 6.45) is -7.63. The van der Waals surface area contributed by atoms with E-state index >= 15 is 0 Å². The Kier molecular flexibility index (Phi) is 5.62. The first-order chi connectivity index (χ1) is 13.6. The van der Waals surface area contributed by atoms with Crippen molar-refractivity contribution in [2.75, 3.05) is 10.6 Å². The third-order valence-corrected chi connectivity index (χ3v) is 3.88. The first-order valence-electron chi connectivity index (χ1n) is 8.27. The van der Waals surface area contributed by atoms with Gasteiger partial charge in [-0.3, -0.25) is 0 Å². The normalized spacial score (nSPS) is 11.9. The van der Waals surface area contributed by atoms with Gasteiger partial charge < -0.3 is 10.6 Å². The molecule has 0 aliphatic heterocycles. The summed E-state index contributed by atoms with van der Waals surface area (Å²) in [5.74, 6) is 0.651. The molecule has 1 heterocycles. The number of hydrogen-bond acceptors (Lipinski definition) is 4. The summed E-state index contributed by atoms with van der Waals surface area (Å²) >= 11 is 0. The van der Waals surface area contributed by atoms with E-state index in [1.807, 2.05) is 0 Å². The van der Waals surface area contributed by atoms with Crippen molar-refractivity contribution in [3.05, 3.63) is 77.6 Å². The van der Waals surface area contributed by atoms with Gasteiger partial charge in [0.1, 0.15) is 18.0 Å². The van der Waals surface area contributed by atoms with Crippen molar-refractivity contribution < 1.29 is 26.3 Å². The van der Waals surface area contributed by atoms with Gasteiger partial charge in [0, 0.05) is 18.3 Å². The molecule has 0 bridgehead atoms. The highest BCUT2D eigenvalue weighted by Gasteiger charge is 2.30. The summed E-state index contributed by atoms with van der Waals surface area (Å²) in [4.78, 5) is 7.95. The zero-order valence-corrected chi connectivity index (χ0v) is 14.6. The molecule has 152 valence electrons. The molecule has 0 spiro atoms. The number of anilines is 3. The van der Waals surface area contributed by atoms with Gasteiger partial charge in [-0.2, -0.15) is 26.3 Å². The van der Waals surface area contributed by atoms with Gasteiger partial charge in [-0.15, -0.1) is 0 Å². The van der Waals surface area contributed by atoms with Crippen LogP contribution in [0.25, 0.3) is 0 Å². The van der Waals surface area contributed by atoms with Crippen molar-refractivity contribution >= 4 is 17.3 Å². The zero-order chi connectivity index (χ0) is 21.1. The molecule has 0 saturated heterocycles. The second-order valence-electron chi connectivity index (χ2n) is 6.04. The van der Waals surface area contributed by atoms with Crippen LogP contribution in [0.4, 0.5) is 43.7 Å². The molecule has 0 saturated carbocycles. The minimum Gasteiger partial charge on any atom is -0.366 e. The van der Waals surface area contributed by atoms with Crippen molar-refractivity contribution in [2.45, 2.75) is 18.9 Å². The molecule has 0 radical (unpaired) electrons. The second kappa shape index (κ2) is 7.98. The fourth-order valence-corrected chi connectivity index (χ4v) is 2.46. The van der Waals surface area contributed by atoms with Crippen molar-refractivity contribution in [2.24, 2.45) is 0 Å². The molecule has 4 nitrogen and oxygen atoms in total. The standard InChI is InChI=1S/C19H14F6N4/c20-18(21,22)13-4-6-15(7-5-13)29-17-9-16(27-11-28-17)26-10-12-2-1-3-14(8-12)19(23,24)25/h1-9,11H,10H2,(H2,26,27,28,29). The summed E-state index contributed by atoms with van der Waals surface area (Å²) in [5, 5.41) is 5.73. The van der Waals surface area contributed by atoms with Gasteiger partial charge in [0.05, 0.1) is 11.1 Å². The van der Waals surface area contributed by atoms with Gasteiger partial charge in [0.2, 0.25) is 0 Å². The van der Waals surface area contributed by atoms with Crippen LogP contribution in [0.3, 0.4) is 0 Å². The van der Waals surface area contributed by atoms with Crippen LogP contribution in [0.2, 0.25) is 0 Å². The van der Waals surface area contributed by atoms with E-state index in [1.54, 1.807) is 6.07 Å². The minimum absolute atomic E-state index is 0.0979. The quantitative estimate of drug-likeness (QED) is 0.515. The number of rotatable bonds is 5. The SMILES string of the molecule is FC(F)(F)c1ccc(Nc2cc(NCc3cccc(C(F)(F)F)c3)ncn2)cc1.